The molecule has 0 heterocycles. The van der Waals surface area contributed by atoms with E-state index in [2.05, 4.69) is 29.2 Å². The number of benzene rings is 1. The van der Waals surface area contributed by atoms with Gasteiger partial charge in [-0.2, -0.15) is 0 Å². The van der Waals surface area contributed by atoms with Crippen LogP contribution in [0.25, 0.3) is 5.57 Å². The minimum atomic E-state index is 0.697. The molecule has 0 fully saturated rings. The van der Waals surface area contributed by atoms with E-state index in [1.165, 1.54) is 0 Å². The summed E-state index contributed by atoms with van der Waals surface area (Å²) in [5, 5.41) is 0. The van der Waals surface area contributed by atoms with Gasteiger partial charge in [-0.15, -0.1) is 0 Å². The molecule has 108 valence electrons. The Balaban J connectivity index is 2.09. The summed E-state index contributed by atoms with van der Waals surface area (Å²) in [6, 6.07) is 8.21. The molecule has 0 bridgehead atoms. The van der Waals surface area contributed by atoms with Crippen molar-refractivity contribution in [1.82, 2.24) is 4.90 Å². The molecule has 1 aliphatic carbocycles. The molecule has 0 radical (unpaired) electrons. The average Bonchev–Trinajstić information content (AvgIpc) is 2.47. The zero-order valence-corrected chi connectivity index (χ0v) is 12.6. The van der Waals surface area contributed by atoms with E-state index in [0.29, 0.717) is 6.61 Å². The van der Waals surface area contributed by atoms with Crippen LogP contribution in [-0.2, 0) is 4.74 Å². The molecule has 0 aromatic heterocycles. The van der Waals surface area contributed by atoms with E-state index in [-0.39, 0.29) is 0 Å². The Morgan fingerprint density at radius 3 is 2.70 bits per heavy atom. The van der Waals surface area contributed by atoms with Gasteiger partial charge >= 0.3 is 0 Å². The lowest BCUT2D eigenvalue weighted by atomic mass is 9.97. The van der Waals surface area contributed by atoms with E-state index in [1.54, 1.807) is 7.11 Å². The molecular weight excluding hydrogens is 250 g/mol. The lowest BCUT2D eigenvalue weighted by Crippen LogP contribution is -2.19. The van der Waals surface area contributed by atoms with E-state index in [9.17, 15) is 0 Å². The first-order valence-electron chi connectivity index (χ1n) is 7.03. The largest absolute Gasteiger partial charge is 0.496 e. The minimum Gasteiger partial charge on any atom is -0.496 e. The molecule has 0 amide bonds. The van der Waals surface area contributed by atoms with Crippen LogP contribution in [0.4, 0.5) is 0 Å². The van der Waals surface area contributed by atoms with E-state index in [0.717, 1.165) is 42.0 Å². The topological polar surface area (TPSA) is 21.7 Å². The number of nitrogens with zero attached hydrogens (tertiary/aromatic N) is 1. The molecule has 0 saturated heterocycles. The van der Waals surface area contributed by atoms with Crippen LogP contribution in [0.15, 0.2) is 42.2 Å². The van der Waals surface area contributed by atoms with Crippen LogP contribution in [0.3, 0.4) is 0 Å². The Labute approximate surface area is 121 Å². The van der Waals surface area contributed by atoms with Crippen molar-refractivity contribution in [3.8, 4) is 5.75 Å². The highest BCUT2D eigenvalue weighted by molar-refractivity contribution is 5.78. The molecule has 1 aromatic rings. The summed E-state index contributed by atoms with van der Waals surface area (Å²) in [4.78, 5) is 2.11. The van der Waals surface area contributed by atoms with Crippen molar-refractivity contribution in [2.24, 2.45) is 0 Å². The highest BCUT2D eigenvalue weighted by atomic mass is 16.5. The fourth-order valence-corrected chi connectivity index (χ4v) is 2.21. The first kappa shape index (κ1) is 14.7. The van der Waals surface area contributed by atoms with Gasteiger partial charge in [0.1, 0.15) is 18.1 Å². The van der Waals surface area contributed by atoms with Crippen LogP contribution in [0.1, 0.15) is 18.4 Å². The number of hydrogen-bond acceptors (Lipinski definition) is 3. The predicted molar refractivity (Wildman–Crippen MR) is 82.8 cm³/mol. The van der Waals surface area contributed by atoms with Gasteiger partial charge in [0.15, 0.2) is 0 Å². The van der Waals surface area contributed by atoms with Crippen molar-refractivity contribution in [1.29, 1.82) is 0 Å². The second-order valence-electron chi connectivity index (χ2n) is 5.15. The third-order valence-electron chi connectivity index (χ3n) is 3.28. The van der Waals surface area contributed by atoms with Crippen molar-refractivity contribution in [2.75, 3.05) is 34.4 Å². The lowest BCUT2D eigenvalue weighted by molar-refractivity contribution is 0.261. The Kier molecular flexibility index (Phi) is 5.24. The molecule has 3 heteroatoms. The highest BCUT2D eigenvalue weighted by Crippen LogP contribution is 2.30. The normalized spacial score (nSPS) is 14.8. The van der Waals surface area contributed by atoms with Crippen LogP contribution >= 0.6 is 0 Å². The van der Waals surface area contributed by atoms with Gasteiger partial charge in [0.05, 0.1) is 7.11 Å². The number of likely N-dealkylation sites (N-methyl/N-ethyl adjacent to an activating group) is 1. The summed E-state index contributed by atoms with van der Waals surface area (Å²) in [6.07, 6.45) is 6.49. The van der Waals surface area contributed by atoms with Gasteiger partial charge in [0.25, 0.3) is 0 Å². The average molecular weight is 273 g/mol. The van der Waals surface area contributed by atoms with Crippen molar-refractivity contribution in [3.63, 3.8) is 0 Å². The van der Waals surface area contributed by atoms with Crippen LogP contribution in [0.5, 0.6) is 5.75 Å². The molecule has 20 heavy (non-hydrogen) atoms. The SMILES string of the molecule is COC1=CCCC=C1c1cccc(OCCN(C)C)c1. The van der Waals surface area contributed by atoms with Crippen LogP contribution in [0.2, 0.25) is 0 Å². The maximum Gasteiger partial charge on any atom is 0.122 e. The van der Waals surface area contributed by atoms with E-state index >= 15 is 0 Å². The molecule has 0 spiro atoms. The number of hydrogen-bond donors (Lipinski definition) is 0. The maximum atomic E-state index is 5.79. The highest BCUT2D eigenvalue weighted by Gasteiger charge is 2.12. The molecule has 0 atom stereocenters. The van der Waals surface area contributed by atoms with Crippen molar-refractivity contribution < 1.29 is 9.47 Å². The fraction of sp³-hybridized carbons (Fsp3) is 0.412. The zero-order valence-electron chi connectivity index (χ0n) is 12.6. The maximum absolute atomic E-state index is 5.79. The van der Waals surface area contributed by atoms with Gasteiger partial charge in [0.2, 0.25) is 0 Å². The molecule has 1 aliphatic rings. The number of allylic oxidation sites excluding steroid dienone is 3. The summed E-state index contributed by atoms with van der Waals surface area (Å²) in [5.41, 5.74) is 2.32. The summed E-state index contributed by atoms with van der Waals surface area (Å²) in [6.45, 7) is 1.61. The zero-order chi connectivity index (χ0) is 14.4. The van der Waals surface area contributed by atoms with Gasteiger partial charge in [-0.25, -0.2) is 0 Å². The van der Waals surface area contributed by atoms with Gasteiger partial charge in [-0.05, 0) is 50.7 Å². The predicted octanol–water partition coefficient (Wildman–Crippen LogP) is 3.33. The van der Waals surface area contributed by atoms with E-state index in [1.807, 2.05) is 26.2 Å². The third-order valence-corrected chi connectivity index (χ3v) is 3.28. The molecular formula is C17H23NO2. The number of rotatable bonds is 6. The Hall–Kier alpha value is -1.74. The molecule has 3 nitrogen and oxygen atoms in total. The first-order chi connectivity index (χ1) is 9.70. The first-order valence-corrected chi connectivity index (χ1v) is 7.03. The summed E-state index contributed by atoms with van der Waals surface area (Å²) < 4.78 is 11.2. The Morgan fingerprint density at radius 2 is 1.95 bits per heavy atom. The lowest BCUT2D eigenvalue weighted by Gasteiger charge is -2.16. The van der Waals surface area contributed by atoms with Crippen molar-refractivity contribution in [2.45, 2.75) is 12.8 Å². The van der Waals surface area contributed by atoms with E-state index in [4.69, 9.17) is 9.47 Å². The molecule has 1 aromatic carbocycles. The van der Waals surface area contributed by atoms with Gasteiger partial charge in [-0.3, -0.25) is 0 Å². The van der Waals surface area contributed by atoms with Crippen molar-refractivity contribution in [3.05, 3.63) is 47.7 Å². The van der Waals surface area contributed by atoms with E-state index < -0.39 is 0 Å². The second-order valence-corrected chi connectivity index (χ2v) is 5.15. The van der Waals surface area contributed by atoms with Crippen LogP contribution < -0.4 is 4.74 Å². The monoisotopic (exact) mass is 273 g/mol. The summed E-state index contributed by atoms with van der Waals surface area (Å²) in [7, 11) is 5.81. The Morgan fingerprint density at radius 1 is 1.15 bits per heavy atom. The molecule has 0 N–H and O–H groups in total. The van der Waals surface area contributed by atoms with Crippen LogP contribution in [-0.4, -0.2) is 39.3 Å². The van der Waals surface area contributed by atoms with Crippen LogP contribution in [0, 0.1) is 0 Å². The van der Waals surface area contributed by atoms with Gasteiger partial charge in [-0.1, -0.05) is 18.2 Å². The quantitative estimate of drug-likeness (QED) is 0.793. The second kappa shape index (κ2) is 7.15. The Bertz CT molecular complexity index is 503. The molecule has 0 unspecified atom stereocenters. The number of methoxy groups -OCH3 is 1. The smallest absolute Gasteiger partial charge is 0.122 e. The van der Waals surface area contributed by atoms with Gasteiger partial charge in [0, 0.05) is 12.1 Å². The summed E-state index contributed by atoms with van der Waals surface area (Å²) >= 11 is 0. The number of ether oxygens (including phenoxy) is 2. The van der Waals surface area contributed by atoms with Gasteiger partial charge < -0.3 is 14.4 Å². The third kappa shape index (κ3) is 3.87. The standard InChI is InChI=1S/C17H23NO2/c1-18(2)11-12-20-15-8-6-7-14(13-15)16-9-4-5-10-17(16)19-3/h6-10,13H,4-5,11-12H2,1-3H3. The molecule has 0 aliphatic heterocycles. The van der Waals surface area contributed by atoms with Crippen molar-refractivity contribution >= 4 is 5.57 Å². The molecule has 2 rings (SSSR count). The summed E-state index contributed by atoms with van der Waals surface area (Å²) in [5.74, 6) is 1.87. The molecule has 0 saturated carbocycles. The fourth-order valence-electron chi connectivity index (χ4n) is 2.21. The minimum absolute atomic E-state index is 0.697.